The molecule has 94 valence electrons. The SMILES string of the molecule is Cn1nc(NC2CC2)cc1-c1cc(F)ccc1F. The summed E-state index contributed by atoms with van der Waals surface area (Å²) >= 11 is 0. The van der Waals surface area contributed by atoms with Gasteiger partial charge in [-0.2, -0.15) is 5.10 Å². The molecule has 18 heavy (non-hydrogen) atoms. The molecular formula is C13H13F2N3. The van der Waals surface area contributed by atoms with E-state index >= 15 is 0 Å². The molecule has 3 nitrogen and oxygen atoms in total. The maximum absolute atomic E-state index is 13.7. The highest BCUT2D eigenvalue weighted by Gasteiger charge is 2.22. The van der Waals surface area contributed by atoms with Crippen LogP contribution in [0.3, 0.4) is 0 Å². The first kappa shape index (κ1) is 11.2. The van der Waals surface area contributed by atoms with Gasteiger partial charge in [0, 0.05) is 24.7 Å². The van der Waals surface area contributed by atoms with E-state index in [4.69, 9.17) is 0 Å². The lowest BCUT2D eigenvalue weighted by atomic mass is 10.1. The number of benzene rings is 1. The third-order valence-corrected chi connectivity index (χ3v) is 3.01. The fourth-order valence-corrected chi connectivity index (χ4v) is 1.92. The second-order valence-corrected chi connectivity index (χ2v) is 4.58. The van der Waals surface area contributed by atoms with E-state index in [1.54, 1.807) is 17.8 Å². The topological polar surface area (TPSA) is 29.9 Å². The number of anilines is 1. The Morgan fingerprint density at radius 3 is 2.78 bits per heavy atom. The summed E-state index contributed by atoms with van der Waals surface area (Å²) in [4.78, 5) is 0. The number of halogens is 2. The van der Waals surface area contributed by atoms with E-state index in [1.165, 1.54) is 6.07 Å². The van der Waals surface area contributed by atoms with Gasteiger partial charge in [0.15, 0.2) is 0 Å². The van der Waals surface area contributed by atoms with Crippen molar-refractivity contribution in [2.45, 2.75) is 18.9 Å². The number of nitrogens with one attached hydrogen (secondary N) is 1. The molecule has 3 rings (SSSR count). The second-order valence-electron chi connectivity index (χ2n) is 4.58. The molecule has 1 N–H and O–H groups in total. The summed E-state index contributed by atoms with van der Waals surface area (Å²) in [7, 11) is 1.72. The molecule has 0 spiro atoms. The third kappa shape index (κ3) is 2.08. The highest BCUT2D eigenvalue weighted by Crippen LogP contribution is 2.28. The van der Waals surface area contributed by atoms with Gasteiger partial charge in [-0.15, -0.1) is 0 Å². The maximum atomic E-state index is 13.7. The van der Waals surface area contributed by atoms with Crippen molar-refractivity contribution < 1.29 is 8.78 Å². The molecule has 1 aromatic carbocycles. The van der Waals surface area contributed by atoms with E-state index in [0.29, 0.717) is 17.6 Å². The number of hydrogen-bond donors (Lipinski definition) is 1. The standard InChI is InChI=1S/C13H13F2N3/c1-18-12(7-13(17-18)16-9-3-4-9)10-6-8(14)2-5-11(10)15/h2,5-7,9H,3-4H2,1H3,(H,16,17). The number of nitrogens with zero attached hydrogens (tertiary/aromatic N) is 2. The summed E-state index contributed by atoms with van der Waals surface area (Å²) in [5.74, 6) is -0.194. The van der Waals surface area contributed by atoms with Crippen molar-refractivity contribution in [2.24, 2.45) is 7.05 Å². The van der Waals surface area contributed by atoms with Crippen LogP contribution in [-0.4, -0.2) is 15.8 Å². The molecule has 1 aliphatic carbocycles. The second kappa shape index (κ2) is 4.08. The van der Waals surface area contributed by atoms with Crippen LogP contribution >= 0.6 is 0 Å². The largest absolute Gasteiger partial charge is 0.366 e. The van der Waals surface area contributed by atoms with Crippen molar-refractivity contribution in [3.8, 4) is 11.3 Å². The maximum Gasteiger partial charge on any atom is 0.148 e. The van der Waals surface area contributed by atoms with Gasteiger partial charge in [0.25, 0.3) is 0 Å². The van der Waals surface area contributed by atoms with Crippen LogP contribution in [0.1, 0.15) is 12.8 Å². The van der Waals surface area contributed by atoms with Crippen LogP contribution < -0.4 is 5.32 Å². The van der Waals surface area contributed by atoms with Gasteiger partial charge >= 0.3 is 0 Å². The number of aromatic nitrogens is 2. The van der Waals surface area contributed by atoms with Crippen molar-refractivity contribution in [3.63, 3.8) is 0 Å². The average molecular weight is 249 g/mol. The molecule has 2 aromatic rings. The van der Waals surface area contributed by atoms with Crippen LogP contribution in [0.25, 0.3) is 11.3 Å². The van der Waals surface area contributed by atoms with E-state index in [9.17, 15) is 8.78 Å². The van der Waals surface area contributed by atoms with Gasteiger partial charge < -0.3 is 5.32 Å². The first-order valence-electron chi connectivity index (χ1n) is 5.89. The van der Waals surface area contributed by atoms with Gasteiger partial charge in [-0.3, -0.25) is 4.68 Å². The lowest BCUT2D eigenvalue weighted by molar-refractivity contribution is 0.601. The molecule has 1 fully saturated rings. The van der Waals surface area contributed by atoms with Crippen LogP contribution in [0.4, 0.5) is 14.6 Å². The van der Waals surface area contributed by atoms with Crippen LogP contribution in [-0.2, 0) is 7.05 Å². The monoisotopic (exact) mass is 249 g/mol. The zero-order valence-electron chi connectivity index (χ0n) is 9.95. The Kier molecular flexibility index (Phi) is 2.54. The Balaban J connectivity index is 1.99. The molecule has 0 radical (unpaired) electrons. The minimum Gasteiger partial charge on any atom is -0.366 e. The molecule has 0 bridgehead atoms. The molecule has 0 atom stereocenters. The third-order valence-electron chi connectivity index (χ3n) is 3.01. The quantitative estimate of drug-likeness (QED) is 0.906. The molecule has 0 aliphatic heterocycles. The van der Waals surface area contributed by atoms with E-state index in [1.807, 2.05) is 0 Å². The fraction of sp³-hybridized carbons (Fsp3) is 0.308. The molecule has 1 heterocycles. The average Bonchev–Trinajstić information content (AvgIpc) is 3.06. The highest BCUT2D eigenvalue weighted by atomic mass is 19.1. The number of rotatable bonds is 3. The highest BCUT2D eigenvalue weighted by molar-refractivity contribution is 5.64. The van der Waals surface area contributed by atoms with E-state index in [2.05, 4.69) is 10.4 Å². The Labute approximate surface area is 103 Å². The number of aryl methyl sites for hydroxylation is 1. The fourth-order valence-electron chi connectivity index (χ4n) is 1.92. The molecule has 1 aromatic heterocycles. The molecule has 1 aliphatic rings. The Hall–Kier alpha value is -1.91. The lowest BCUT2D eigenvalue weighted by Crippen LogP contribution is -2.02. The summed E-state index contributed by atoms with van der Waals surface area (Å²) < 4.78 is 28.4. The van der Waals surface area contributed by atoms with Crippen molar-refractivity contribution in [1.29, 1.82) is 0 Å². The summed E-state index contributed by atoms with van der Waals surface area (Å²) in [6.07, 6.45) is 2.28. The summed E-state index contributed by atoms with van der Waals surface area (Å²) in [6.45, 7) is 0. The van der Waals surface area contributed by atoms with Crippen molar-refractivity contribution in [3.05, 3.63) is 35.9 Å². The van der Waals surface area contributed by atoms with Crippen molar-refractivity contribution >= 4 is 5.82 Å². The Bertz CT molecular complexity index is 588. The predicted octanol–water partition coefficient (Wildman–Crippen LogP) is 2.94. The Morgan fingerprint density at radius 2 is 2.06 bits per heavy atom. The number of hydrogen-bond acceptors (Lipinski definition) is 2. The van der Waals surface area contributed by atoms with Gasteiger partial charge in [-0.05, 0) is 31.0 Å². The van der Waals surface area contributed by atoms with Crippen molar-refractivity contribution in [2.75, 3.05) is 5.32 Å². The zero-order valence-corrected chi connectivity index (χ0v) is 9.95. The minimum atomic E-state index is -0.454. The van der Waals surface area contributed by atoms with E-state index in [-0.39, 0.29) is 5.56 Å². The zero-order chi connectivity index (χ0) is 12.7. The Morgan fingerprint density at radius 1 is 1.28 bits per heavy atom. The first-order valence-corrected chi connectivity index (χ1v) is 5.89. The first-order chi connectivity index (χ1) is 8.63. The van der Waals surface area contributed by atoms with E-state index in [0.717, 1.165) is 25.0 Å². The molecule has 5 heteroatoms. The molecular weight excluding hydrogens is 236 g/mol. The molecule has 0 saturated heterocycles. The smallest absolute Gasteiger partial charge is 0.148 e. The summed E-state index contributed by atoms with van der Waals surface area (Å²) in [5, 5.41) is 7.49. The summed E-state index contributed by atoms with van der Waals surface area (Å²) in [5.41, 5.74) is 0.795. The van der Waals surface area contributed by atoms with Gasteiger partial charge in [-0.1, -0.05) is 0 Å². The predicted molar refractivity (Wildman–Crippen MR) is 65.2 cm³/mol. The van der Waals surface area contributed by atoms with Gasteiger partial charge in [0.2, 0.25) is 0 Å². The van der Waals surface area contributed by atoms with E-state index < -0.39 is 11.6 Å². The lowest BCUT2D eigenvalue weighted by Gasteiger charge is -2.03. The normalized spacial score (nSPS) is 14.8. The molecule has 1 saturated carbocycles. The van der Waals surface area contributed by atoms with Gasteiger partial charge in [-0.25, -0.2) is 8.78 Å². The summed E-state index contributed by atoms with van der Waals surface area (Å²) in [6, 6.07) is 5.65. The van der Waals surface area contributed by atoms with Crippen LogP contribution in [0.5, 0.6) is 0 Å². The van der Waals surface area contributed by atoms with Crippen LogP contribution in [0, 0.1) is 11.6 Å². The molecule has 0 unspecified atom stereocenters. The molecule has 0 amide bonds. The van der Waals surface area contributed by atoms with Gasteiger partial charge in [0.05, 0.1) is 5.69 Å². The van der Waals surface area contributed by atoms with Crippen LogP contribution in [0.15, 0.2) is 24.3 Å². The van der Waals surface area contributed by atoms with Crippen molar-refractivity contribution in [1.82, 2.24) is 9.78 Å². The van der Waals surface area contributed by atoms with Crippen LogP contribution in [0.2, 0.25) is 0 Å². The minimum absolute atomic E-state index is 0.230. The van der Waals surface area contributed by atoms with Gasteiger partial charge in [0.1, 0.15) is 17.5 Å².